The number of nitrogens with zero attached hydrogens (tertiary/aromatic N) is 2. The lowest BCUT2D eigenvalue weighted by atomic mass is 10.3. The first kappa shape index (κ1) is 20.5. The van der Waals surface area contributed by atoms with E-state index < -0.39 is 0 Å². The number of benzene rings is 2. The average molecular weight is 410 g/mol. The van der Waals surface area contributed by atoms with Crippen molar-refractivity contribution >= 4 is 35.0 Å². The van der Waals surface area contributed by atoms with E-state index in [-0.39, 0.29) is 28.8 Å². The lowest BCUT2D eigenvalue weighted by Crippen LogP contribution is -2.23. The van der Waals surface area contributed by atoms with Crippen LogP contribution >= 0.6 is 11.8 Å². The van der Waals surface area contributed by atoms with Gasteiger partial charge in [0.05, 0.1) is 17.1 Å². The zero-order chi connectivity index (χ0) is 21.0. The summed E-state index contributed by atoms with van der Waals surface area (Å²) in [6.07, 6.45) is 0. The molecule has 3 rings (SSSR count). The number of hydrogen-bond acceptors (Lipinski definition) is 4. The van der Waals surface area contributed by atoms with E-state index in [1.165, 1.54) is 23.4 Å². The average Bonchev–Trinajstić information content (AvgIpc) is 2.90. The molecule has 0 aliphatic carbocycles. The fourth-order valence-electron chi connectivity index (χ4n) is 2.90. The van der Waals surface area contributed by atoms with Gasteiger partial charge >= 0.3 is 0 Å². The van der Waals surface area contributed by atoms with Crippen molar-refractivity contribution in [3.63, 3.8) is 0 Å². The fraction of sp³-hybridized carbons (Fsp3) is 0.190. The first-order valence-electron chi connectivity index (χ1n) is 9.01. The number of rotatable bonds is 6. The summed E-state index contributed by atoms with van der Waals surface area (Å²) in [5, 5.41) is 5.46. The summed E-state index contributed by atoms with van der Waals surface area (Å²) in [6.45, 7) is 3.23. The Labute approximate surface area is 172 Å². The van der Waals surface area contributed by atoms with Crippen molar-refractivity contribution in [1.82, 2.24) is 9.36 Å². The van der Waals surface area contributed by atoms with Crippen molar-refractivity contribution in [3.8, 4) is 5.69 Å². The van der Waals surface area contributed by atoms with Crippen LogP contribution in [0.25, 0.3) is 5.69 Å². The fourth-order valence-corrected chi connectivity index (χ4v) is 3.66. The first-order valence-corrected chi connectivity index (χ1v) is 9.99. The highest BCUT2D eigenvalue weighted by molar-refractivity contribution is 8.00. The highest BCUT2D eigenvalue weighted by Crippen LogP contribution is 2.22. The third-order valence-electron chi connectivity index (χ3n) is 4.34. The van der Waals surface area contributed by atoms with E-state index in [0.29, 0.717) is 11.4 Å². The Morgan fingerprint density at radius 3 is 2.45 bits per heavy atom. The molecule has 29 heavy (non-hydrogen) atoms. The molecular weight excluding hydrogens is 388 g/mol. The lowest BCUT2D eigenvalue weighted by Gasteiger charge is -2.07. The molecular formula is C21H22N4O3S. The minimum Gasteiger partial charge on any atom is -0.326 e. The van der Waals surface area contributed by atoms with Crippen LogP contribution in [0.1, 0.15) is 12.6 Å². The van der Waals surface area contributed by atoms with E-state index in [0.717, 1.165) is 10.6 Å². The summed E-state index contributed by atoms with van der Waals surface area (Å²) in [6, 6.07) is 16.5. The second kappa shape index (κ2) is 8.83. The van der Waals surface area contributed by atoms with Crippen LogP contribution in [0.5, 0.6) is 0 Å². The molecule has 7 nitrogen and oxygen atoms in total. The predicted octanol–water partition coefficient (Wildman–Crippen LogP) is 3.17. The molecule has 0 unspecified atom stereocenters. The summed E-state index contributed by atoms with van der Waals surface area (Å²) in [5.41, 5.74) is 2.07. The van der Waals surface area contributed by atoms with Gasteiger partial charge in [0.25, 0.3) is 5.56 Å². The molecule has 0 saturated carbocycles. The Bertz CT molecular complexity index is 1100. The molecule has 8 heteroatoms. The Morgan fingerprint density at radius 2 is 1.76 bits per heavy atom. The number of carbonyl (C=O) groups is 2. The highest BCUT2D eigenvalue weighted by atomic mass is 32.2. The third-order valence-corrected chi connectivity index (χ3v) is 5.34. The van der Waals surface area contributed by atoms with Gasteiger partial charge in [-0.3, -0.25) is 19.1 Å². The summed E-state index contributed by atoms with van der Waals surface area (Å²) in [5.74, 6) is -0.284. The molecule has 2 N–H and O–H groups in total. The molecule has 150 valence electrons. The number of nitrogens with one attached hydrogen (secondary N) is 2. The number of para-hydroxylation sites is 1. The van der Waals surface area contributed by atoms with Crippen molar-refractivity contribution < 1.29 is 9.59 Å². The summed E-state index contributed by atoms with van der Waals surface area (Å²) >= 11 is 1.33. The van der Waals surface area contributed by atoms with Gasteiger partial charge in [-0.1, -0.05) is 24.3 Å². The third kappa shape index (κ3) is 4.78. The molecule has 0 bridgehead atoms. The quantitative estimate of drug-likeness (QED) is 0.611. The summed E-state index contributed by atoms with van der Waals surface area (Å²) in [4.78, 5) is 37.3. The Hall–Kier alpha value is -3.26. The number of hydrogen-bond donors (Lipinski definition) is 2. The molecule has 0 radical (unpaired) electrons. The van der Waals surface area contributed by atoms with Crippen molar-refractivity contribution in [1.29, 1.82) is 0 Å². The van der Waals surface area contributed by atoms with E-state index >= 15 is 0 Å². The van der Waals surface area contributed by atoms with Crippen LogP contribution in [0.2, 0.25) is 0 Å². The van der Waals surface area contributed by atoms with Crippen LogP contribution in [0.15, 0.2) is 64.3 Å². The minimum atomic E-state index is -0.276. The number of anilines is 2. The smallest absolute Gasteiger partial charge is 0.295 e. The van der Waals surface area contributed by atoms with E-state index in [4.69, 9.17) is 0 Å². The van der Waals surface area contributed by atoms with Crippen molar-refractivity contribution in [3.05, 3.63) is 70.6 Å². The van der Waals surface area contributed by atoms with Crippen LogP contribution < -0.4 is 16.2 Å². The zero-order valence-corrected chi connectivity index (χ0v) is 17.2. The van der Waals surface area contributed by atoms with Gasteiger partial charge in [-0.25, -0.2) is 4.68 Å². The van der Waals surface area contributed by atoms with Crippen molar-refractivity contribution in [2.45, 2.75) is 18.7 Å². The molecule has 0 atom stereocenters. The Kier molecular flexibility index (Phi) is 6.23. The Morgan fingerprint density at radius 1 is 1.03 bits per heavy atom. The van der Waals surface area contributed by atoms with Crippen LogP contribution in [0.4, 0.5) is 11.4 Å². The molecule has 0 saturated heterocycles. The van der Waals surface area contributed by atoms with Gasteiger partial charge in [0, 0.05) is 24.6 Å². The number of thioether (sulfide) groups is 1. The van der Waals surface area contributed by atoms with Crippen LogP contribution in [-0.4, -0.2) is 26.9 Å². The van der Waals surface area contributed by atoms with Gasteiger partial charge in [-0.15, -0.1) is 11.8 Å². The standard InChI is InChI=1S/C21H22N4O3S/c1-14-20(21(28)25(24(14)3)17-9-5-4-6-10-17)23-19(27)13-29-18-11-7-8-16(12-18)22-15(2)26/h4-12H,13H2,1-3H3,(H,22,26)(H,23,27). The van der Waals surface area contributed by atoms with E-state index in [1.807, 2.05) is 42.5 Å². The summed E-state index contributed by atoms with van der Waals surface area (Å²) in [7, 11) is 1.78. The number of carbonyl (C=O) groups excluding carboxylic acids is 2. The van der Waals surface area contributed by atoms with E-state index in [9.17, 15) is 14.4 Å². The van der Waals surface area contributed by atoms with Crippen LogP contribution in [-0.2, 0) is 16.6 Å². The first-order chi connectivity index (χ1) is 13.9. The molecule has 0 spiro atoms. The monoisotopic (exact) mass is 410 g/mol. The van der Waals surface area contributed by atoms with Crippen molar-refractivity contribution in [2.24, 2.45) is 7.05 Å². The molecule has 0 aliphatic heterocycles. The van der Waals surface area contributed by atoms with Gasteiger partial charge in [-0.05, 0) is 37.3 Å². The largest absolute Gasteiger partial charge is 0.326 e. The molecule has 0 aliphatic rings. The molecule has 0 fully saturated rings. The van der Waals surface area contributed by atoms with E-state index in [1.54, 1.807) is 30.8 Å². The molecule has 1 aromatic heterocycles. The summed E-state index contributed by atoms with van der Waals surface area (Å²) < 4.78 is 3.24. The maximum atomic E-state index is 12.8. The van der Waals surface area contributed by atoms with Crippen LogP contribution in [0, 0.1) is 6.92 Å². The maximum absolute atomic E-state index is 12.8. The molecule has 2 amide bonds. The van der Waals surface area contributed by atoms with Crippen LogP contribution in [0.3, 0.4) is 0 Å². The van der Waals surface area contributed by atoms with E-state index in [2.05, 4.69) is 10.6 Å². The topological polar surface area (TPSA) is 85.1 Å². The molecule has 1 heterocycles. The van der Waals surface area contributed by atoms with Crippen molar-refractivity contribution in [2.75, 3.05) is 16.4 Å². The number of amides is 2. The zero-order valence-electron chi connectivity index (χ0n) is 16.4. The second-order valence-electron chi connectivity index (χ2n) is 6.48. The highest BCUT2D eigenvalue weighted by Gasteiger charge is 2.18. The molecule has 3 aromatic rings. The van der Waals surface area contributed by atoms with Gasteiger partial charge in [0.1, 0.15) is 5.69 Å². The SMILES string of the molecule is CC(=O)Nc1cccc(SCC(=O)Nc2c(C)n(C)n(-c3ccccc3)c2=O)c1. The van der Waals surface area contributed by atoms with Gasteiger partial charge in [0.2, 0.25) is 11.8 Å². The Balaban J connectivity index is 1.72. The predicted molar refractivity (Wildman–Crippen MR) is 116 cm³/mol. The maximum Gasteiger partial charge on any atom is 0.295 e. The lowest BCUT2D eigenvalue weighted by molar-refractivity contribution is -0.114. The van der Waals surface area contributed by atoms with Gasteiger partial charge in [0.15, 0.2) is 0 Å². The normalized spacial score (nSPS) is 10.6. The van der Waals surface area contributed by atoms with Gasteiger partial charge < -0.3 is 10.6 Å². The number of aromatic nitrogens is 2. The van der Waals surface area contributed by atoms with Gasteiger partial charge in [-0.2, -0.15) is 0 Å². The minimum absolute atomic E-state index is 0.142. The molecule has 2 aromatic carbocycles. The second-order valence-corrected chi connectivity index (χ2v) is 7.53.